The highest BCUT2D eigenvalue weighted by Crippen LogP contribution is 2.14. The second-order valence-corrected chi connectivity index (χ2v) is 2.78. The highest BCUT2D eigenvalue weighted by atomic mass is 16.5. The summed E-state index contributed by atoms with van der Waals surface area (Å²) in [7, 11) is 0. The second-order valence-electron chi connectivity index (χ2n) is 2.78. The van der Waals surface area contributed by atoms with Gasteiger partial charge in [-0.25, -0.2) is 4.79 Å². The number of aryl methyl sites for hydroxylation is 1. The van der Waals surface area contributed by atoms with Crippen LogP contribution >= 0.6 is 0 Å². The van der Waals surface area contributed by atoms with Crippen molar-refractivity contribution in [3.63, 3.8) is 0 Å². The van der Waals surface area contributed by atoms with E-state index < -0.39 is 0 Å². The molecule has 0 aliphatic carbocycles. The molecule has 0 N–H and O–H groups in total. The lowest BCUT2D eigenvalue weighted by atomic mass is 10.1. The Kier molecular flexibility index (Phi) is 3.40. The van der Waals surface area contributed by atoms with Gasteiger partial charge in [-0.1, -0.05) is 12.7 Å². The first-order chi connectivity index (χ1) is 6.70. The molecule has 0 fully saturated rings. The number of rotatable bonds is 3. The van der Waals surface area contributed by atoms with Crippen LogP contribution < -0.4 is 0 Å². The first kappa shape index (κ1) is 10.4. The molecule has 0 unspecified atom stereocenters. The monoisotopic (exact) mass is 191 g/mol. The van der Waals surface area contributed by atoms with E-state index in [9.17, 15) is 4.79 Å². The molecule has 1 rings (SSSR count). The van der Waals surface area contributed by atoms with E-state index in [1.807, 2.05) is 6.92 Å². The topological polar surface area (TPSA) is 39.2 Å². The number of aromatic nitrogens is 1. The Balaban J connectivity index is 3.13. The van der Waals surface area contributed by atoms with Crippen molar-refractivity contribution in [2.24, 2.45) is 0 Å². The normalized spacial score (nSPS) is 9.57. The van der Waals surface area contributed by atoms with Gasteiger partial charge in [0.15, 0.2) is 0 Å². The van der Waals surface area contributed by atoms with Crippen molar-refractivity contribution in [2.75, 3.05) is 6.61 Å². The molecule has 1 aromatic rings. The Morgan fingerprint density at radius 2 is 2.43 bits per heavy atom. The predicted molar refractivity (Wildman–Crippen MR) is 55.0 cm³/mol. The summed E-state index contributed by atoms with van der Waals surface area (Å²) in [4.78, 5) is 15.6. The van der Waals surface area contributed by atoms with Crippen molar-refractivity contribution in [1.29, 1.82) is 0 Å². The molecule has 0 amide bonds. The van der Waals surface area contributed by atoms with Crippen molar-refractivity contribution in [3.05, 3.63) is 35.7 Å². The fraction of sp³-hybridized carbons (Fsp3) is 0.273. The van der Waals surface area contributed by atoms with Gasteiger partial charge in [0, 0.05) is 17.5 Å². The molecular weight excluding hydrogens is 178 g/mol. The Morgan fingerprint density at radius 1 is 1.71 bits per heavy atom. The molecule has 1 heterocycles. The van der Waals surface area contributed by atoms with Crippen LogP contribution in [0.5, 0.6) is 0 Å². The minimum absolute atomic E-state index is 0.326. The van der Waals surface area contributed by atoms with Gasteiger partial charge in [-0.3, -0.25) is 4.98 Å². The van der Waals surface area contributed by atoms with E-state index in [1.165, 1.54) is 0 Å². The van der Waals surface area contributed by atoms with Crippen LogP contribution in [0.1, 0.15) is 28.5 Å². The average molecular weight is 191 g/mol. The molecule has 74 valence electrons. The SMILES string of the molecule is C=Cc1c(C(=O)OCC)ccnc1C. The van der Waals surface area contributed by atoms with Gasteiger partial charge in [-0.2, -0.15) is 0 Å². The fourth-order valence-corrected chi connectivity index (χ4v) is 1.22. The molecule has 0 bridgehead atoms. The van der Waals surface area contributed by atoms with E-state index >= 15 is 0 Å². The van der Waals surface area contributed by atoms with Gasteiger partial charge in [-0.15, -0.1) is 0 Å². The van der Waals surface area contributed by atoms with Gasteiger partial charge in [0.25, 0.3) is 0 Å². The molecule has 3 nitrogen and oxygen atoms in total. The van der Waals surface area contributed by atoms with Gasteiger partial charge < -0.3 is 4.74 Å². The first-order valence-electron chi connectivity index (χ1n) is 4.45. The maximum Gasteiger partial charge on any atom is 0.338 e. The van der Waals surface area contributed by atoms with E-state index in [1.54, 1.807) is 25.3 Å². The molecule has 1 aromatic heterocycles. The molecule has 3 heteroatoms. The average Bonchev–Trinajstić information content (AvgIpc) is 2.17. The lowest BCUT2D eigenvalue weighted by Gasteiger charge is -2.06. The Labute approximate surface area is 83.4 Å². The van der Waals surface area contributed by atoms with Crippen LogP contribution in [0.4, 0.5) is 0 Å². The zero-order chi connectivity index (χ0) is 10.6. The molecule has 0 aliphatic rings. The third kappa shape index (κ3) is 1.99. The largest absolute Gasteiger partial charge is 0.462 e. The van der Waals surface area contributed by atoms with Crippen LogP contribution in [0.3, 0.4) is 0 Å². The standard InChI is InChI=1S/C11H13NO2/c1-4-9-8(3)12-7-6-10(9)11(13)14-5-2/h4,6-7H,1,5H2,2-3H3. The maximum absolute atomic E-state index is 11.5. The van der Waals surface area contributed by atoms with Gasteiger partial charge in [-0.05, 0) is 19.9 Å². The number of ether oxygens (including phenoxy) is 1. The van der Waals surface area contributed by atoms with Crippen LogP contribution in [0, 0.1) is 6.92 Å². The molecular formula is C11H13NO2. The van der Waals surface area contributed by atoms with E-state index in [4.69, 9.17) is 4.74 Å². The molecule has 0 saturated carbocycles. The van der Waals surface area contributed by atoms with Gasteiger partial charge in [0.05, 0.1) is 12.2 Å². The number of hydrogen-bond donors (Lipinski definition) is 0. The summed E-state index contributed by atoms with van der Waals surface area (Å²) in [5.74, 6) is -0.326. The van der Waals surface area contributed by atoms with Crippen molar-refractivity contribution in [1.82, 2.24) is 4.98 Å². The van der Waals surface area contributed by atoms with Crippen LogP contribution in [0.25, 0.3) is 6.08 Å². The minimum Gasteiger partial charge on any atom is -0.462 e. The Morgan fingerprint density at radius 3 is 3.00 bits per heavy atom. The van der Waals surface area contributed by atoms with Crippen LogP contribution in [0.15, 0.2) is 18.8 Å². The number of pyridine rings is 1. The number of nitrogens with zero attached hydrogens (tertiary/aromatic N) is 1. The molecule has 0 saturated heterocycles. The summed E-state index contributed by atoms with van der Waals surface area (Å²) >= 11 is 0. The number of carbonyl (C=O) groups excluding carboxylic acids is 1. The fourth-order valence-electron chi connectivity index (χ4n) is 1.22. The van der Waals surface area contributed by atoms with E-state index in [0.29, 0.717) is 12.2 Å². The molecule has 0 atom stereocenters. The van der Waals surface area contributed by atoms with Gasteiger partial charge >= 0.3 is 5.97 Å². The second kappa shape index (κ2) is 4.56. The van der Waals surface area contributed by atoms with Crippen LogP contribution in [-0.2, 0) is 4.74 Å². The highest BCUT2D eigenvalue weighted by molar-refractivity contribution is 5.93. The quantitative estimate of drug-likeness (QED) is 0.687. The molecule has 0 aromatic carbocycles. The summed E-state index contributed by atoms with van der Waals surface area (Å²) in [6, 6.07) is 1.64. The first-order valence-corrected chi connectivity index (χ1v) is 4.45. The molecule has 14 heavy (non-hydrogen) atoms. The van der Waals surface area contributed by atoms with Crippen LogP contribution in [-0.4, -0.2) is 17.6 Å². The van der Waals surface area contributed by atoms with Gasteiger partial charge in [0.2, 0.25) is 0 Å². The van der Waals surface area contributed by atoms with E-state index in [2.05, 4.69) is 11.6 Å². The summed E-state index contributed by atoms with van der Waals surface area (Å²) in [5, 5.41) is 0. The van der Waals surface area contributed by atoms with Crippen molar-refractivity contribution < 1.29 is 9.53 Å². The smallest absolute Gasteiger partial charge is 0.338 e. The lowest BCUT2D eigenvalue weighted by molar-refractivity contribution is 0.0526. The summed E-state index contributed by atoms with van der Waals surface area (Å²) in [6.07, 6.45) is 3.21. The van der Waals surface area contributed by atoms with E-state index in [0.717, 1.165) is 11.3 Å². The third-order valence-electron chi connectivity index (χ3n) is 1.89. The zero-order valence-electron chi connectivity index (χ0n) is 8.41. The van der Waals surface area contributed by atoms with Crippen molar-refractivity contribution in [3.8, 4) is 0 Å². The molecule has 0 spiro atoms. The van der Waals surface area contributed by atoms with Crippen LogP contribution in [0.2, 0.25) is 0 Å². The summed E-state index contributed by atoms with van der Waals surface area (Å²) < 4.78 is 4.91. The summed E-state index contributed by atoms with van der Waals surface area (Å²) in [6.45, 7) is 7.63. The summed E-state index contributed by atoms with van der Waals surface area (Å²) in [5.41, 5.74) is 2.05. The maximum atomic E-state index is 11.5. The Hall–Kier alpha value is -1.64. The molecule has 0 radical (unpaired) electrons. The van der Waals surface area contributed by atoms with E-state index in [-0.39, 0.29) is 5.97 Å². The van der Waals surface area contributed by atoms with Crippen molar-refractivity contribution in [2.45, 2.75) is 13.8 Å². The minimum atomic E-state index is -0.326. The highest BCUT2D eigenvalue weighted by Gasteiger charge is 2.12. The molecule has 0 aliphatic heterocycles. The third-order valence-corrected chi connectivity index (χ3v) is 1.89. The number of hydrogen-bond acceptors (Lipinski definition) is 3. The zero-order valence-corrected chi connectivity index (χ0v) is 8.41. The van der Waals surface area contributed by atoms with Gasteiger partial charge in [0.1, 0.15) is 0 Å². The Bertz CT molecular complexity index is 358. The number of esters is 1. The van der Waals surface area contributed by atoms with Crippen molar-refractivity contribution >= 4 is 12.0 Å². The lowest BCUT2D eigenvalue weighted by Crippen LogP contribution is -2.08. The predicted octanol–water partition coefficient (Wildman–Crippen LogP) is 2.21. The number of carbonyl (C=O) groups is 1.